The van der Waals surface area contributed by atoms with E-state index in [1.165, 1.54) is 6.42 Å². The van der Waals surface area contributed by atoms with Crippen molar-refractivity contribution >= 4 is 5.91 Å². The van der Waals surface area contributed by atoms with E-state index in [0.29, 0.717) is 6.54 Å². The Morgan fingerprint density at radius 3 is 2.58 bits per heavy atom. The predicted octanol–water partition coefficient (Wildman–Crippen LogP) is 0.626. The second-order valence-electron chi connectivity index (χ2n) is 3.70. The second kappa shape index (κ2) is 3.90. The van der Waals surface area contributed by atoms with Crippen LogP contribution in [0.4, 0.5) is 0 Å². The van der Waals surface area contributed by atoms with Crippen LogP contribution in [0.15, 0.2) is 0 Å². The molecule has 1 unspecified atom stereocenters. The molecule has 1 fully saturated rings. The van der Waals surface area contributed by atoms with Crippen molar-refractivity contribution in [3.05, 3.63) is 0 Å². The number of hydrogen-bond donors (Lipinski definition) is 1. The van der Waals surface area contributed by atoms with Crippen LogP contribution in [0.3, 0.4) is 0 Å². The fraction of sp³-hybridized carbons (Fsp3) is 0.889. The molecule has 0 aromatic carbocycles. The average molecular weight is 171 g/mol. The first-order valence-electron chi connectivity index (χ1n) is 4.54. The van der Waals surface area contributed by atoms with Gasteiger partial charge in [-0.15, -0.1) is 0 Å². The molecule has 1 atom stereocenters. The molecule has 0 bridgehead atoms. The fourth-order valence-corrected chi connectivity index (χ4v) is 1.45. The summed E-state index contributed by atoms with van der Waals surface area (Å²) in [4.78, 5) is 13.1. The Balaban J connectivity index is 2.30. The third-order valence-corrected chi connectivity index (χ3v) is 2.37. The number of carbonyl (C=O) groups excluding carboxylic acids is 1. The number of likely N-dealkylation sites (N-methyl/N-ethyl adjacent to an activating group) is 1. The van der Waals surface area contributed by atoms with Gasteiger partial charge in [0, 0.05) is 19.5 Å². The number of aliphatic hydroxyl groups excluding tert-OH is 1. The molecular formula is C9H17NO2. The van der Waals surface area contributed by atoms with Gasteiger partial charge in [-0.05, 0) is 19.8 Å². The van der Waals surface area contributed by atoms with Crippen LogP contribution in [-0.2, 0) is 4.79 Å². The molecule has 0 aromatic rings. The summed E-state index contributed by atoms with van der Waals surface area (Å²) >= 11 is 0. The zero-order chi connectivity index (χ0) is 9.14. The van der Waals surface area contributed by atoms with Gasteiger partial charge in [-0.1, -0.05) is 6.42 Å². The van der Waals surface area contributed by atoms with E-state index in [1.807, 2.05) is 0 Å². The van der Waals surface area contributed by atoms with Gasteiger partial charge in [0.15, 0.2) is 0 Å². The van der Waals surface area contributed by atoms with Crippen molar-refractivity contribution in [1.82, 2.24) is 4.90 Å². The number of amides is 1. The third-order valence-electron chi connectivity index (χ3n) is 2.37. The molecule has 12 heavy (non-hydrogen) atoms. The lowest BCUT2D eigenvalue weighted by molar-refractivity contribution is -0.137. The van der Waals surface area contributed by atoms with E-state index < -0.39 is 6.10 Å². The van der Waals surface area contributed by atoms with Gasteiger partial charge in [0.1, 0.15) is 0 Å². The standard InChI is InChI=1S/C9H17NO2/c1-7(11)6-10(2)9(12)8-4-3-5-8/h7-8,11H,3-6H2,1-2H3. The molecule has 0 saturated heterocycles. The summed E-state index contributed by atoms with van der Waals surface area (Å²) < 4.78 is 0. The van der Waals surface area contributed by atoms with Crippen molar-refractivity contribution in [3.8, 4) is 0 Å². The van der Waals surface area contributed by atoms with Gasteiger partial charge in [-0.3, -0.25) is 4.79 Å². The van der Waals surface area contributed by atoms with E-state index in [0.717, 1.165) is 12.8 Å². The van der Waals surface area contributed by atoms with Crippen LogP contribution >= 0.6 is 0 Å². The highest BCUT2D eigenvalue weighted by Crippen LogP contribution is 2.27. The summed E-state index contributed by atoms with van der Waals surface area (Å²) in [5, 5.41) is 9.05. The Hall–Kier alpha value is -0.570. The molecule has 1 N–H and O–H groups in total. The van der Waals surface area contributed by atoms with Crippen molar-refractivity contribution in [2.45, 2.75) is 32.3 Å². The molecule has 1 aliphatic rings. The maximum Gasteiger partial charge on any atom is 0.225 e. The van der Waals surface area contributed by atoms with Crippen LogP contribution in [0.2, 0.25) is 0 Å². The molecule has 70 valence electrons. The lowest BCUT2D eigenvalue weighted by Gasteiger charge is -2.29. The van der Waals surface area contributed by atoms with Crippen molar-refractivity contribution < 1.29 is 9.90 Å². The molecule has 1 aliphatic carbocycles. The highest BCUT2D eigenvalue weighted by molar-refractivity contribution is 5.79. The van der Waals surface area contributed by atoms with E-state index in [4.69, 9.17) is 5.11 Å². The normalized spacial score (nSPS) is 19.9. The molecule has 0 aromatic heterocycles. The SMILES string of the molecule is CC(O)CN(C)C(=O)C1CCC1. The van der Waals surface area contributed by atoms with Crippen LogP contribution in [0, 0.1) is 5.92 Å². The minimum Gasteiger partial charge on any atom is -0.392 e. The molecule has 0 spiro atoms. The topological polar surface area (TPSA) is 40.5 Å². The Kier molecular flexibility index (Phi) is 3.09. The summed E-state index contributed by atoms with van der Waals surface area (Å²) in [7, 11) is 1.76. The van der Waals surface area contributed by atoms with Crippen molar-refractivity contribution in [3.63, 3.8) is 0 Å². The summed E-state index contributed by atoms with van der Waals surface area (Å²) in [5.41, 5.74) is 0. The Labute approximate surface area is 73.4 Å². The quantitative estimate of drug-likeness (QED) is 0.676. The number of nitrogens with zero attached hydrogens (tertiary/aromatic N) is 1. The van der Waals surface area contributed by atoms with Gasteiger partial charge < -0.3 is 10.0 Å². The lowest BCUT2D eigenvalue weighted by atomic mass is 9.84. The molecule has 3 nitrogen and oxygen atoms in total. The first-order valence-corrected chi connectivity index (χ1v) is 4.54. The van der Waals surface area contributed by atoms with Gasteiger partial charge in [-0.25, -0.2) is 0 Å². The third kappa shape index (κ3) is 2.21. The largest absolute Gasteiger partial charge is 0.392 e. The maximum atomic E-state index is 11.5. The van der Waals surface area contributed by atoms with Crippen LogP contribution < -0.4 is 0 Å². The van der Waals surface area contributed by atoms with Crippen LogP contribution in [0.25, 0.3) is 0 Å². The summed E-state index contributed by atoms with van der Waals surface area (Å²) in [6.07, 6.45) is 2.82. The van der Waals surface area contributed by atoms with Crippen molar-refractivity contribution in [2.24, 2.45) is 5.92 Å². The summed E-state index contributed by atoms with van der Waals surface area (Å²) in [6, 6.07) is 0. The van der Waals surface area contributed by atoms with E-state index >= 15 is 0 Å². The van der Waals surface area contributed by atoms with Crippen molar-refractivity contribution in [1.29, 1.82) is 0 Å². The molecule has 1 amide bonds. The lowest BCUT2D eigenvalue weighted by Crippen LogP contribution is -2.39. The zero-order valence-corrected chi connectivity index (χ0v) is 7.79. The van der Waals surface area contributed by atoms with Crippen LogP contribution in [-0.4, -0.2) is 35.6 Å². The first-order chi connectivity index (χ1) is 5.61. The second-order valence-corrected chi connectivity index (χ2v) is 3.70. The number of hydrogen-bond acceptors (Lipinski definition) is 2. The summed E-state index contributed by atoms with van der Waals surface area (Å²) in [5.74, 6) is 0.441. The molecule has 0 aliphatic heterocycles. The minimum atomic E-state index is -0.418. The van der Waals surface area contributed by atoms with Gasteiger partial charge >= 0.3 is 0 Å². The van der Waals surface area contributed by atoms with Crippen molar-refractivity contribution in [2.75, 3.05) is 13.6 Å². The van der Waals surface area contributed by atoms with Gasteiger partial charge in [-0.2, -0.15) is 0 Å². The number of aliphatic hydroxyl groups is 1. The van der Waals surface area contributed by atoms with Gasteiger partial charge in [0.25, 0.3) is 0 Å². The summed E-state index contributed by atoms with van der Waals surface area (Å²) in [6.45, 7) is 2.15. The number of carbonyl (C=O) groups is 1. The Morgan fingerprint density at radius 2 is 2.25 bits per heavy atom. The van der Waals surface area contributed by atoms with E-state index in [2.05, 4.69) is 0 Å². The Morgan fingerprint density at radius 1 is 1.67 bits per heavy atom. The highest BCUT2D eigenvalue weighted by Gasteiger charge is 2.27. The van der Waals surface area contributed by atoms with Gasteiger partial charge in [0.05, 0.1) is 6.10 Å². The zero-order valence-electron chi connectivity index (χ0n) is 7.79. The molecular weight excluding hydrogens is 154 g/mol. The van der Waals surface area contributed by atoms with Crippen LogP contribution in [0.5, 0.6) is 0 Å². The first kappa shape index (κ1) is 9.52. The van der Waals surface area contributed by atoms with E-state index in [1.54, 1.807) is 18.9 Å². The molecule has 1 saturated carbocycles. The van der Waals surface area contributed by atoms with Gasteiger partial charge in [0.2, 0.25) is 5.91 Å². The monoisotopic (exact) mass is 171 g/mol. The molecule has 3 heteroatoms. The highest BCUT2D eigenvalue weighted by atomic mass is 16.3. The molecule has 0 heterocycles. The van der Waals surface area contributed by atoms with E-state index in [-0.39, 0.29) is 11.8 Å². The molecule has 1 rings (SSSR count). The minimum absolute atomic E-state index is 0.196. The van der Waals surface area contributed by atoms with E-state index in [9.17, 15) is 4.79 Å². The molecule has 0 radical (unpaired) electrons. The maximum absolute atomic E-state index is 11.5. The van der Waals surface area contributed by atoms with Crippen LogP contribution in [0.1, 0.15) is 26.2 Å². The Bertz CT molecular complexity index is 164. The predicted molar refractivity (Wildman–Crippen MR) is 46.7 cm³/mol. The number of rotatable bonds is 3. The average Bonchev–Trinajstić information content (AvgIpc) is 1.81. The fourth-order valence-electron chi connectivity index (χ4n) is 1.45. The smallest absolute Gasteiger partial charge is 0.225 e.